The standard InChI is InChI=1S/C25H30N6OS/c1-16-6-9-20-19(12-16)24(27-21-13-26-14-22(21)32)29-25(28-20)31-10-11-33(30-18-7-8-18)23-5-3-2-4-17(23)15-31/h2-6,9,12,18,21-22,26,32H,7-8,10-11,13-15H2,1H3,(H,27,28,29)/t21-,22-,33?/m1/s1. The smallest absolute Gasteiger partial charge is 0.228 e. The molecule has 8 heteroatoms. The fourth-order valence-corrected chi connectivity index (χ4v) is 6.64. The number of nitrogens with one attached hydrogen (secondary N) is 2. The number of hydrogen-bond donors (Lipinski definition) is 3. The molecular formula is C25H30N6OS. The molecular weight excluding hydrogens is 432 g/mol. The van der Waals surface area contributed by atoms with Crippen molar-refractivity contribution in [3.8, 4) is 0 Å². The molecule has 3 aliphatic rings. The molecule has 1 aliphatic carbocycles. The van der Waals surface area contributed by atoms with Gasteiger partial charge >= 0.3 is 0 Å². The van der Waals surface area contributed by atoms with Gasteiger partial charge in [0.05, 0.1) is 23.7 Å². The quantitative estimate of drug-likeness (QED) is 0.553. The fraction of sp³-hybridized carbons (Fsp3) is 0.440. The zero-order valence-electron chi connectivity index (χ0n) is 18.9. The third kappa shape index (κ3) is 4.35. The highest BCUT2D eigenvalue weighted by Gasteiger charge is 2.28. The summed E-state index contributed by atoms with van der Waals surface area (Å²) < 4.78 is 5.14. The Bertz CT molecular complexity index is 1230. The normalized spacial score (nSPS) is 25.3. The van der Waals surface area contributed by atoms with E-state index in [2.05, 4.69) is 64.9 Å². The average Bonchev–Trinajstić information content (AvgIpc) is 3.59. The summed E-state index contributed by atoms with van der Waals surface area (Å²) in [4.78, 5) is 13.7. The van der Waals surface area contributed by atoms with Gasteiger partial charge in [-0.1, -0.05) is 40.5 Å². The molecule has 6 rings (SSSR count). The largest absolute Gasteiger partial charge is 0.390 e. The van der Waals surface area contributed by atoms with Crippen LogP contribution in [0.5, 0.6) is 0 Å². The minimum absolute atomic E-state index is 0.0653. The number of β-amino-alcohol motifs (C(OH)–C–C–N with tert-alkyl or cyclic N) is 1. The molecule has 172 valence electrons. The molecule has 2 aromatic carbocycles. The second kappa shape index (κ2) is 8.66. The molecule has 0 bridgehead atoms. The van der Waals surface area contributed by atoms with Crippen molar-refractivity contribution in [2.75, 3.05) is 35.6 Å². The minimum Gasteiger partial charge on any atom is -0.390 e. The summed E-state index contributed by atoms with van der Waals surface area (Å²) in [6.45, 7) is 5.06. The number of benzene rings is 2. The SMILES string of the molecule is Cc1ccc2nc(N3CCS(=NC4CC4)c4ccccc4C3)nc(N[C@@H]3CNC[C@H]3O)c2c1. The van der Waals surface area contributed by atoms with E-state index in [1.165, 1.54) is 28.9 Å². The number of aliphatic hydroxyl groups excluding tert-OH is 1. The zero-order chi connectivity index (χ0) is 22.4. The molecule has 3 atom stereocenters. The van der Waals surface area contributed by atoms with Crippen LogP contribution in [0.2, 0.25) is 0 Å². The monoisotopic (exact) mass is 462 g/mol. The number of hydrogen-bond acceptors (Lipinski definition) is 7. The summed E-state index contributed by atoms with van der Waals surface area (Å²) in [5.74, 6) is 2.53. The molecule has 1 aromatic heterocycles. The Morgan fingerprint density at radius 1 is 1.15 bits per heavy atom. The first-order chi connectivity index (χ1) is 16.1. The number of aromatic nitrogens is 2. The van der Waals surface area contributed by atoms with Gasteiger partial charge in [-0.25, -0.2) is 4.98 Å². The predicted octanol–water partition coefficient (Wildman–Crippen LogP) is 3.03. The first-order valence-corrected chi connectivity index (χ1v) is 13.2. The van der Waals surface area contributed by atoms with E-state index in [0.29, 0.717) is 12.6 Å². The zero-order valence-corrected chi connectivity index (χ0v) is 19.7. The lowest BCUT2D eigenvalue weighted by molar-refractivity contribution is 0.185. The van der Waals surface area contributed by atoms with E-state index < -0.39 is 6.10 Å². The third-order valence-electron chi connectivity index (χ3n) is 6.59. The van der Waals surface area contributed by atoms with Crippen molar-refractivity contribution < 1.29 is 5.11 Å². The van der Waals surface area contributed by atoms with Crippen LogP contribution in [-0.4, -0.2) is 58.6 Å². The Kier molecular flexibility index (Phi) is 5.52. The van der Waals surface area contributed by atoms with Crippen LogP contribution in [0, 0.1) is 6.92 Å². The van der Waals surface area contributed by atoms with Gasteiger partial charge in [0.15, 0.2) is 0 Å². The van der Waals surface area contributed by atoms with Crippen molar-refractivity contribution in [1.82, 2.24) is 15.3 Å². The fourth-order valence-electron chi connectivity index (χ4n) is 4.57. The summed E-state index contributed by atoms with van der Waals surface area (Å²) in [7, 11) is -0.0722. The van der Waals surface area contributed by atoms with E-state index in [-0.39, 0.29) is 16.7 Å². The number of anilines is 2. The second-order valence-corrected chi connectivity index (χ2v) is 11.1. The molecule has 0 radical (unpaired) electrons. The molecule has 1 unspecified atom stereocenters. The van der Waals surface area contributed by atoms with Gasteiger partial charge in [0.2, 0.25) is 5.95 Å². The molecule has 3 aromatic rings. The Labute approximate surface area is 196 Å². The molecule has 33 heavy (non-hydrogen) atoms. The lowest BCUT2D eigenvalue weighted by Crippen LogP contribution is -2.33. The number of nitrogens with zero attached hydrogens (tertiary/aromatic N) is 4. The molecule has 2 fully saturated rings. The van der Waals surface area contributed by atoms with Gasteiger partial charge in [-0.3, -0.25) is 4.36 Å². The number of aryl methyl sites for hydroxylation is 1. The Morgan fingerprint density at radius 3 is 2.85 bits per heavy atom. The van der Waals surface area contributed by atoms with Crippen molar-refractivity contribution in [2.24, 2.45) is 4.36 Å². The van der Waals surface area contributed by atoms with E-state index in [4.69, 9.17) is 14.3 Å². The first-order valence-electron chi connectivity index (χ1n) is 11.8. The maximum atomic E-state index is 10.4. The highest BCUT2D eigenvalue weighted by molar-refractivity contribution is 7.87. The van der Waals surface area contributed by atoms with Gasteiger partial charge in [-0.2, -0.15) is 4.98 Å². The molecule has 3 heterocycles. The molecule has 0 amide bonds. The van der Waals surface area contributed by atoms with Crippen LogP contribution in [0.4, 0.5) is 11.8 Å². The Balaban J connectivity index is 1.39. The van der Waals surface area contributed by atoms with E-state index in [9.17, 15) is 5.11 Å². The molecule has 0 spiro atoms. The number of fused-ring (bicyclic) bond motifs is 2. The summed E-state index contributed by atoms with van der Waals surface area (Å²) in [5, 5.41) is 18.1. The molecule has 2 aliphatic heterocycles. The first kappa shape index (κ1) is 21.0. The Hall–Kier alpha value is -2.55. The highest BCUT2D eigenvalue weighted by atomic mass is 32.2. The van der Waals surface area contributed by atoms with Crippen LogP contribution < -0.4 is 15.5 Å². The number of aliphatic hydroxyl groups is 1. The van der Waals surface area contributed by atoms with Crippen LogP contribution in [0.3, 0.4) is 0 Å². The van der Waals surface area contributed by atoms with E-state index >= 15 is 0 Å². The summed E-state index contributed by atoms with van der Waals surface area (Å²) in [6.07, 6.45) is 2.04. The van der Waals surface area contributed by atoms with Crippen LogP contribution in [0.15, 0.2) is 51.7 Å². The van der Waals surface area contributed by atoms with Crippen LogP contribution in [0.25, 0.3) is 10.9 Å². The van der Waals surface area contributed by atoms with Crippen LogP contribution >= 0.6 is 0 Å². The third-order valence-corrected chi connectivity index (χ3v) is 8.62. The van der Waals surface area contributed by atoms with Crippen LogP contribution in [0.1, 0.15) is 24.0 Å². The number of rotatable bonds is 4. The van der Waals surface area contributed by atoms with Crippen molar-refractivity contribution in [2.45, 2.75) is 49.4 Å². The summed E-state index contributed by atoms with van der Waals surface area (Å²) >= 11 is 0. The predicted molar refractivity (Wildman–Crippen MR) is 134 cm³/mol. The van der Waals surface area contributed by atoms with Gasteiger partial charge in [-0.05, 0) is 43.5 Å². The van der Waals surface area contributed by atoms with Crippen molar-refractivity contribution in [1.29, 1.82) is 0 Å². The van der Waals surface area contributed by atoms with Gasteiger partial charge in [-0.15, -0.1) is 0 Å². The molecule has 7 nitrogen and oxygen atoms in total. The summed E-state index contributed by atoms with van der Waals surface area (Å²) in [6, 6.07) is 15.5. The Morgan fingerprint density at radius 2 is 2.03 bits per heavy atom. The van der Waals surface area contributed by atoms with Crippen molar-refractivity contribution in [3.05, 3.63) is 53.6 Å². The average molecular weight is 463 g/mol. The van der Waals surface area contributed by atoms with Gasteiger partial charge < -0.3 is 20.6 Å². The van der Waals surface area contributed by atoms with E-state index in [1.807, 2.05) is 0 Å². The molecule has 1 saturated carbocycles. The molecule has 3 N–H and O–H groups in total. The summed E-state index contributed by atoms with van der Waals surface area (Å²) in [5.41, 5.74) is 3.41. The van der Waals surface area contributed by atoms with Crippen LogP contribution in [-0.2, 0) is 17.2 Å². The van der Waals surface area contributed by atoms with E-state index in [0.717, 1.165) is 48.1 Å². The van der Waals surface area contributed by atoms with Gasteiger partial charge in [0.1, 0.15) is 5.82 Å². The van der Waals surface area contributed by atoms with Gasteiger partial charge in [0, 0.05) is 42.2 Å². The lowest BCUT2D eigenvalue weighted by atomic mass is 10.1. The lowest BCUT2D eigenvalue weighted by Gasteiger charge is -2.23. The molecule has 1 saturated heterocycles. The van der Waals surface area contributed by atoms with E-state index in [1.54, 1.807) is 0 Å². The van der Waals surface area contributed by atoms with Crippen molar-refractivity contribution >= 4 is 33.4 Å². The maximum Gasteiger partial charge on any atom is 0.228 e. The topological polar surface area (TPSA) is 85.7 Å². The maximum absolute atomic E-state index is 10.4. The van der Waals surface area contributed by atoms with Crippen molar-refractivity contribution in [3.63, 3.8) is 0 Å². The minimum atomic E-state index is -0.431. The van der Waals surface area contributed by atoms with Gasteiger partial charge in [0.25, 0.3) is 0 Å². The second-order valence-electron chi connectivity index (χ2n) is 9.30. The highest BCUT2D eigenvalue weighted by Crippen LogP contribution is 2.31.